The van der Waals surface area contributed by atoms with Crippen LogP contribution < -0.4 is 5.73 Å². The Morgan fingerprint density at radius 3 is 2.79 bits per heavy atom. The molecular formula is C9H6BrClN2S. The molecule has 0 aliphatic rings. The van der Waals surface area contributed by atoms with Crippen LogP contribution in [0.25, 0.3) is 11.3 Å². The summed E-state index contributed by atoms with van der Waals surface area (Å²) in [5, 5.41) is 3.11. The minimum absolute atomic E-state index is 0.548. The van der Waals surface area contributed by atoms with Crippen molar-refractivity contribution in [2.75, 3.05) is 5.73 Å². The fraction of sp³-hybridized carbons (Fsp3) is 0. The van der Waals surface area contributed by atoms with Crippen LogP contribution in [0, 0.1) is 0 Å². The van der Waals surface area contributed by atoms with Crippen molar-refractivity contribution in [3.8, 4) is 11.3 Å². The van der Waals surface area contributed by atoms with E-state index in [0.29, 0.717) is 10.2 Å². The highest BCUT2D eigenvalue weighted by Crippen LogP contribution is 2.35. The second kappa shape index (κ2) is 3.88. The summed E-state index contributed by atoms with van der Waals surface area (Å²) in [6, 6.07) is 5.64. The van der Waals surface area contributed by atoms with Gasteiger partial charge in [-0.3, -0.25) is 0 Å². The van der Waals surface area contributed by atoms with Gasteiger partial charge >= 0.3 is 0 Å². The lowest BCUT2D eigenvalue weighted by atomic mass is 10.2. The predicted octanol–water partition coefficient (Wildman–Crippen LogP) is 3.81. The second-order valence-corrected chi connectivity index (χ2v) is 4.82. The summed E-state index contributed by atoms with van der Waals surface area (Å²) in [4.78, 5) is 4.18. The fourth-order valence-electron chi connectivity index (χ4n) is 1.14. The number of aromatic nitrogens is 1. The first-order valence-corrected chi connectivity index (χ1v) is 5.89. The first-order chi connectivity index (χ1) is 6.68. The highest BCUT2D eigenvalue weighted by molar-refractivity contribution is 9.10. The lowest BCUT2D eigenvalue weighted by Gasteiger charge is -2.02. The summed E-state index contributed by atoms with van der Waals surface area (Å²) < 4.78 is 0.926. The van der Waals surface area contributed by atoms with Gasteiger partial charge in [-0.1, -0.05) is 33.6 Å². The van der Waals surface area contributed by atoms with Crippen molar-refractivity contribution in [2.45, 2.75) is 0 Å². The molecule has 0 radical (unpaired) electrons. The Labute approximate surface area is 98.9 Å². The van der Waals surface area contributed by atoms with Gasteiger partial charge in [0.15, 0.2) is 5.13 Å². The van der Waals surface area contributed by atoms with E-state index in [2.05, 4.69) is 20.9 Å². The van der Waals surface area contributed by atoms with Gasteiger partial charge in [-0.2, -0.15) is 0 Å². The molecule has 0 atom stereocenters. The maximum atomic E-state index is 6.07. The smallest absolute Gasteiger partial charge is 0.180 e. The first-order valence-electron chi connectivity index (χ1n) is 3.84. The minimum atomic E-state index is 0.548. The standard InChI is InChI=1S/C9H6BrClN2S/c10-5-2-1-3-6(11)8(5)7-4-14-9(12)13-7/h1-4H,(H2,12,13). The zero-order chi connectivity index (χ0) is 10.1. The van der Waals surface area contributed by atoms with E-state index in [4.69, 9.17) is 17.3 Å². The van der Waals surface area contributed by atoms with E-state index in [1.807, 2.05) is 23.6 Å². The lowest BCUT2D eigenvalue weighted by molar-refractivity contribution is 1.40. The normalized spacial score (nSPS) is 10.4. The average molecular weight is 290 g/mol. The molecule has 5 heteroatoms. The number of benzene rings is 1. The van der Waals surface area contributed by atoms with Crippen molar-refractivity contribution < 1.29 is 0 Å². The van der Waals surface area contributed by atoms with E-state index in [1.165, 1.54) is 11.3 Å². The molecule has 2 rings (SSSR count). The van der Waals surface area contributed by atoms with Crippen LogP contribution in [0.1, 0.15) is 0 Å². The van der Waals surface area contributed by atoms with Gasteiger partial charge in [0.05, 0.1) is 10.7 Å². The first kappa shape index (κ1) is 9.96. The van der Waals surface area contributed by atoms with Crippen LogP contribution >= 0.6 is 38.9 Å². The zero-order valence-corrected chi connectivity index (χ0v) is 10.2. The van der Waals surface area contributed by atoms with E-state index in [0.717, 1.165) is 15.7 Å². The molecule has 1 heterocycles. The molecule has 1 aromatic carbocycles. The van der Waals surface area contributed by atoms with Crippen LogP contribution in [0.4, 0.5) is 5.13 Å². The number of hydrogen-bond acceptors (Lipinski definition) is 3. The maximum absolute atomic E-state index is 6.07. The van der Waals surface area contributed by atoms with Crippen molar-refractivity contribution in [3.05, 3.63) is 33.1 Å². The van der Waals surface area contributed by atoms with E-state index >= 15 is 0 Å². The van der Waals surface area contributed by atoms with Crippen LogP contribution in [0.5, 0.6) is 0 Å². The Hall–Kier alpha value is -0.580. The quantitative estimate of drug-likeness (QED) is 0.867. The van der Waals surface area contributed by atoms with Crippen molar-refractivity contribution in [1.82, 2.24) is 4.98 Å². The molecule has 1 aromatic heterocycles. The van der Waals surface area contributed by atoms with Crippen molar-refractivity contribution in [1.29, 1.82) is 0 Å². The third-order valence-corrected chi connectivity index (χ3v) is 3.39. The van der Waals surface area contributed by atoms with Crippen molar-refractivity contribution >= 4 is 44.0 Å². The number of anilines is 1. The van der Waals surface area contributed by atoms with Crippen LogP contribution in [0.2, 0.25) is 5.02 Å². The molecule has 0 unspecified atom stereocenters. The van der Waals surface area contributed by atoms with E-state index in [-0.39, 0.29) is 0 Å². The molecule has 0 saturated carbocycles. The highest BCUT2D eigenvalue weighted by Gasteiger charge is 2.10. The minimum Gasteiger partial charge on any atom is -0.375 e. The van der Waals surface area contributed by atoms with Gasteiger partial charge in [0.2, 0.25) is 0 Å². The summed E-state index contributed by atoms with van der Waals surface area (Å²) in [5.74, 6) is 0. The average Bonchev–Trinajstić information content (AvgIpc) is 2.51. The van der Waals surface area contributed by atoms with Gasteiger partial charge in [0.25, 0.3) is 0 Å². The number of rotatable bonds is 1. The molecule has 14 heavy (non-hydrogen) atoms. The van der Waals surface area contributed by atoms with E-state index in [9.17, 15) is 0 Å². The molecule has 0 bridgehead atoms. The lowest BCUT2D eigenvalue weighted by Crippen LogP contribution is -1.84. The van der Waals surface area contributed by atoms with Crippen LogP contribution in [-0.4, -0.2) is 4.98 Å². The summed E-state index contributed by atoms with van der Waals surface area (Å²) in [5.41, 5.74) is 7.27. The zero-order valence-electron chi connectivity index (χ0n) is 7.00. The number of nitrogens with two attached hydrogens (primary N) is 1. The molecule has 2 nitrogen and oxygen atoms in total. The Morgan fingerprint density at radius 1 is 1.43 bits per heavy atom. The molecule has 0 saturated heterocycles. The number of thiazole rings is 1. The number of hydrogen-bond donors (Lipinski definition) is 1. The van der Waals surface area contributed by atoms with E-state index in [1.54, 1.807) is 0 Å². The third-order valence-electron chi connectivity index (χ3n) is 1.74. The molecule has 0 amide bonds. The number of nitrogens with zero attached hydrogens (tertiary/aromatic N) is 1. The molecule has 0 fully saturated rings. The second-order valence-electron chi connectivity index (χ2n) is 2.67. The van der Waals surface area contributed by atoms with Gasteiger partial charge < -0.3 is 5.73 Å². The summed E-state index contributed by atoms with van der Waals surface area (Å²) >= 11 is 10.9. The van der Waals surface area contributed by atoms with Gasteiger partial charge in [0.1, 0.15) is 0 Å². The SMILES string of the molecule is Nc1nc(-c2c(Cl)cccc2Br)cs1. The van der Waals surface area contributed by atoms with Gasteiger partial charge in [-0.05, 0) is 12.1 Å². The topological polar surface area (TPSA) is 38.9 Å². The Morgan fingerprint density at radius 2 is 2.21 bits per heavy atom. The summed E-state index contributed by atoms with van der Waals surface area (Å²) in [6.45, 7) is 0. The molecule has 0 spiro atoms. The molecule has 72 valence electrons. The van der Waals surface area contributed by atoms with Crippen LogP contribution in [-0.2, 0) is 0 Å². The molecule has 2 N–H and O–H groups in total. The Bertz CT molecular complexity index is 449. The molecule has 0 aliphatic heterocycles. The highest BCUT2D eigenvalue weighted by atomic mass is 79.9. The molecule has 0 aliphatic carbocycles. The monoisotopic (exact) mass is 288 g/mol. The Kier molecular flexibility index (Phi) is 2.76. The van der Waals surface area contributed by atoms with Crippen molar-refractivity contribution in [2.24, 2.45) is 0 Å². The van der Waals surface area contributed by atoms with Gasteiger partial charge in [0, 0.05) is 15.4 Å². The third kappa shape index (κ3) is 1.78. The number of nitrogen functional groups attached to an aromatic ring is 1. The summed E-state index contributed by atoms with van der Waals surface area (Å²) in [6.07, 6.45) is 0. The van der Waals surface area contributed by atoms with E-state index < -0.39 is 0 Å². The largest absolute Gasteiger partial charge is 0.375 e. The fourth-order valence-corrected chi connectivity index (χ4v) is 2.65. The molecule has 2 aromatic rings. The maximum Gasteiger partial charge on any atom is 0.180 e. The van der Waals surface area contributed by atoms with Crippen molar-refractivity contribution in [3.63, 3.8) is 0 Å². The predicted molar refractivity (Wildman–Crippen MR) is 64.7 cm³/mol. The van der Waals surface area contributed by atoms with Crippen LogP contribution in [0.3, 0.4) is 0 Å². The number of halogens is 2. The Balaban J connectivity index is 2.61. The van der Waals surface area contributed by atoms with Gasteiger partial charge in [-0.25, -0.2) is 4.98 Å². The van der Waals surface area contributed by atoms with Gasteiger partial charge in [-0.15, -0.1) is 11.3 Å². The molecular weight excluding hydrogens is 284 g/mol. The summed E-state index contributed by atoms with van der Waals surface area (Å²) in [7, 11) is 0. The van der Waals surface area contributed by atoms with Crippen LogP contribution in [0.15, 0.2) is 28.1 Å².